The lowest BCUT2D eigenvalue weighted by Crippen LogP contribution is -2.39. The van der Waals surface area contributed by atoms with Crippen molar-refractivity contribution in [1.29, 1.82) is 0 Å². The number of halogens is 1. The highest BCUT2D eigenvalue weighted by Gasteiger charge is 2.47. The molecule has 1 fully saturated rings. The van der Waals surface area contributed by atoms with Gasteiger partial charge in [0.05, 0.1) is 30.7 Å². The van der Waals surface area contributed by atoms with E-state index in [1.807, 2.05) is 35.2 Å². The summed E-state index contributed by atoms with van der Waals surface area (Å²) in [5.41, 5.74) is 1.71. The Morgan fingerprint density at radius 3 is 2.81 bits per heavy atom. The van der Waals surface area contributed by atoms with Crippen molar-refractivity contribution in [3.8, 4) is 5.75 Å². The number of methoxy groups -OCH3 is 1. The fraction of sp³-hybridized carbons (Fsp3) is 0.316. The summed E-state index contributed by atoms with van der Waals surface area (Å²) in [6.45, 7) is 0. The smallest absolute Gasteiger partial charge is 0.164 e. The first-order valence-corrected chi connectivity index (χ1v) is 11.3. The van der Waals surface area contributed by atoms with Crippen LogP contribution < -0.4 is 9.64 Å². The van der Waals surface area contributed by atoms with Gasteiger partial charge in [-0.1, -0.05) is 30.0 Å². The van der Waals surface area contributed by atoms with Crippen LogP contribution in [-0.4, -0.2) is 44.3 Å². The summed E-state index contributed by atoms with van der Waals surface area (Å²) in [4.78, 5) is 6.68. The minimum absolute atomic E-state index is 0.0716. The minimum atomic E-state index is -3.10. The van der Waals surface area contributed by atoms with Crippen LogP contribution in [0.5, 0.6) is 5.75 Å². The van der Waals surface area contributed by atoms with Gasteiger partial charge in [-0.05, 0) is 29.8 Å². The summed E-state index contributed by atoms with van der Waals surface area (Å²) in [5, 5.41) is 0.761. The third-order valence-electron chi connectivity index (χ3n) is 4.70. The Morgan fingerprint density at radius 1 is 1.22 bits per heavy atom. The van der Waals surface area contributed by atoms with E-state index in [0.717, 1.165) is 16.4 Å². The molecule has 4 rings (SSSR count). The van der Waals surface area contributed by atoms with E-state index in [2.05, 4.69) is 4.99 Å². The molecule has 0 aliphatic carbocycles. The van der Waals surface area contributed by atoms with Gasteiger partial charge in [-0.15, -0.1) is 0 Å². The second-order valence-corrected chi connectivity index (χ2v) is 9.71. The molecule has 2 heterocycles. The van der Waals surface area contributed by atoms with Crippen LogP contribution in [0.4, 0.5) is 10.1 Å². The molecular weight excluding hydrogens is 387 g/mol. The first-order chi connectivity index (χ1) is 12.9. The van der Waals surface area contributed by atoms with Gasteiger partial charge in [0.25, 0.3) is 0 Å². The van der Waals surface area contributed by atoms with E-state index >= 15 is 0 Å². The second-order valence-electron chi connectivity index (χ2n) is 6.61. The van der Waals surface area contributed by atoms with Gasteiger partial charge in [0, 0.05) is 17.5 Å². The topological polar surface area (TPSA) is 59.0 Å². The van der Waals surface area contributed by atoms with Crippen molar-refractivity contribution in [2.24, 2.45) is 4.99 Å². The average molecular weight is 407 g/mol. The number of nitrogens with zero attached hydrogens (tertiary/aromatic N) is 2. The van der Waals surface area contributed by atoms with Gasteiger partial charge >= 0.3 is 0 Å². The molecule has 0 aromatic heterocycles. The fourth-order valence-electron chi connectivity index (χ4n) is 3.47. The van der Waals surface area contributed by atoms with Crippen molar-refractivity contribution in [3.63, 3.8) is 0 Å². The van der Waals surface area contributed by atoms with Crippen LogP contribution in [0.1, 0.15) is 5.56 Å². The molecular formula is C19H19FN2O3S2. The highest BCUT2D eigenvalue weighted by molar-refractivity contribution is 8.13. The number of amidine groups is 1. The summed E-state index contributed by atoms with van der Waals surface area (Å²) in [5.74, 6) is 1.15. The zero-order valence-corrected chi connectivity index (χ0v) is 16.3. The predicted octanol–water partition coefficient (Wildman–Crippen LogP) is 3.11. The largest absolute Gasteiger partial charge is 0.497 e. The van der Waals surface area contributed by atoms with E-state index in [0.29, 0.717) is 11.5 Å². The van der Waals surface area contributed by atoms with E-state index in [1.54, 1.807) is 13.2 Å². The van der Waals surface area contributed by atoms with Gasteiger partial charge in [-0.2, -0.15) is 0 Å². The molecule has 2 aliphatic rings. The summed E-state index contributed by atoms with van der Waals surface area (Å²) >= 11 is 1.49. The zero-order valence-electron chi connectivity index (χ0n) is 14.7. The molecule has 1 saturated heterocycles. The van der Waals surface area contributed by atoms with E-state index < -0.39 is 9.84 Å². The number of hydrogen-bond acceptors (Lipinski definition) is 6. The van der Waals surface area contributed by atoms with Crippen LogP contribution in [0, 0.1) is 5.82 Å². The molecule has 5 nitrogen and oxygen atoms in total. The number of hydrogen-bond donors (Lipinski definition) is 0. The van der Waals surface area contributed by atoms with Crippen LogP contribution in [0.2, 0.25) is 0 Å². The van der Waals surface area contributed by atoms with Crippen molar-refractivity contribution in [2.45, 2.75) is 17.8 Å². The van der Waals surface area contributed by atoms with Crippen molar-refractivity contribution < 1.29 is 17.5 Å². The van der Waals surface area contributed by atoms with Crippen LogP contribution in [-0.2, 0) is 15.6 Å². The highest BCUT2D eigenvalue weighted by Crippen LogP contribution is 2.37. The number of thioether (sulfide) groups is 1. The third kappa shape index (κ3) is 3.82. The number of aliphatic imine (C=N–C) groups is 1. The molecule has 0 bridgehead atoms. The number of benzene rings is 2. The van der Waals surface area contributed by atoms with E-state index in [-0.39, 0.29) is 29.4 Å². The molecule has 0 radical (unpaired) electrons. The lowest BCUT2D eigenvalue weighted by molar-refractivity contribution is 0.415. The average Bonchev–Trinajstić information content (AvgIpc) is 3.11. The Hall–Kier alpha value is -2.06. The number of sulfone groups is 1. The van der Waals surface area contributed by atoms with Gasteiger partial charge in [0.15, 0.2) is 15.0 Å². The Kier molecular flexibility index (Phi) is 4.86. The van der Waals surface area contributed by atoms with Crippen LogP contribution in [0.25, 0.3) is 0 Å². The van der Waals surface area contributed by atoms with Crippen molar-refractivity contribution in [1.82, 2.24) is 0 Å². The Labute approximate surface area is 162 Å². The SMILES string of the molecule is COc1cccc(N2C(SCc3cccc(F)c3)=N[C@H]3CS(=O)(=O)C[C@@H]32)c1. The van der Waals surface area contributed by atoms with Gasteiger partial charge < -0.3 is 9.64 Å². The molecule has 0 N–H and O–H groups in total. The van der Waals surface area contributed by atoms with E-state index in [9.17, 15) is 12.8 Å². The molecule has 142 valence electrons. The van der Waals surface area contributed by atoms with Crippen LogP contribution in [0.15, 0.2) is 53.5 Å². The molecule has 0 amide bonds. The van der Waals surface area contributed by atoms with E-state index in [1.165, 1.54) is 23.9 Å². The maximum absolute atomic E-state index is 13.4. The molecule has 0 unspecified atom stereocenters. The normalized spacial score (nSPS) is 23.2. The standard InChI is InChI=1S/C19H19FN2O3S2/c1-25-16-7-3-6-15(9-16)22-18-12-27(23,24)11-17(18)21-19(22)26-10-13-4-2-5-14(20)8-13/h2-9,17-18H,10-12H2,1H3/t17-,18-/m0/s1. The van der Waals surface area contributed by atoms with Crippen molar-refractivity contribution in [2.75, 3.05) is 23.5 Å². The number of rotatable bonds is 4. The molecule has 2 aromatic rings. The van der Waals surface area contributed by atoms with Crippen LogP contribution in [0.3, 0.4) is 0 Å². The zero-order chi connectivity index (χ0) is 19.0. The minimum Gasteiger partial charge on any atom is -0.497 e. The molecule has 8 heteroatoms. The highest BCUT2D eigenvalue weighted by atomic mass is 32.2. The monoisotopic (exact) mass is 406 g/mol. The van der Waals surface area contributed by atoms with E-state index in [4.69, 9.17) is 4.74 Å². The van der Waals surface area contributed by atoms with Crippen molar-refractivity contribution >= 4 is 32.5 Å². The Bertz CT molecular complexity index is 994. The summed E-state index contributed by atoms with van der Waals surface area (Å²) in [6.07, 6.45) is 0. The van der Waals surface area contributed by atoms with Gasteiger partial charge in [0.2, 0.25) is 0 Å². The number of anilines is 1. The van der Waals surface area contributed by atoms with Gasteiger partial charge in [-0.3, -0.25) is 4.99 Å². The number of fused-ring (bicyclic) bond motifs is 1. The second kappa shape index (κ2) is 7.16. The first-order valence-electron chi connectivity index (χ1n) is 8.54. The van der Waals surface area contributed by atoms with Crippen molar-refractivity contribution in [3.05, 3.63) is 59.9 Å². The molecule has 0 spiro atoms. The Morgan fingerprint density at radius 2 is 2.04 bits per heavy atom. The van der Waals surface area contributed by atoms with Gasteiger partial charge in [-0.25, -0.2) is 12.8 Å². The Balaban J connectivity index is 1.63. The summed E-state index contributed by atoms with van der Waals surface area (Å²) in [6, 6.07) is 13.5. The fourth-order valence-corrected chi connectivity index (χ4v) is 6.38. The van der Waals surface area contributed by atoms with Crippen LogP contribution >= 0.6 is 11.8 Å². The molecule has 2 aliphatic heterocycles. The maximum atomic E-state index is 13.4. The lowest BCUT2D eigenvalue weighted by atomic mass is 10.1. The first kappa shape index (κ1) is 18.3. The summed E-state index contributed by atoms with van der Waals surface area (Å²) < 4.78 is 42.9. The number of ether oxygens (including phenoxy) is 1. The molecule has 2 atom stereocenters. The quantitative estimate of drug-likeness (QED) is 0.781. The van der Waals surface area contributed by atoms with Gasteiger partial charge in [0.1, 0.15) is 11.6 Å². The predicted molar refractivity (Wildman–Crippen MR) is 107 cm³/mol. The summed E-state index contributed by atoms with van der Waals surface area (Å²) in [7, 11) is -1.50. The molecule has 27 heavy (non-hydrogen) atoms. The molecule has 0 saturated carbocycles. The maximum Gasteiger partial charge on any atom is 0.164 e. The lowest BCUT2D eigenvalue weighted by Gasteiger charge is -2.26. The third-order valence-corrected chi connectivity index (χ3v) is 7.43. The molecule has 2 aromatic carbocycles.